The van der Waals surface area contributed by atoms with E-state index in [1.54, 1.807) is 17.1 Å². The van der Waals surface area contributed by atoms with Crippen LogP contribution in [0.3, 0.4) is 0 Å². The molecule has 1 aliphatic carbocycles. The highest BCUT2D eigenvalue weighted by Crippen LogP contribution is 2.23. The molecule has 1 saturated carbocycles. The molecule has 8 nitrogen and oxygen atoms in total. The Hall–Kier alpha value is -2.84. The molecule has 0 radical (unpaired) electrons. The predicted octanol–water partition coefficient (Wildman–Crippen LogP) is 2.56. The third kappa shape index (κ3) is 4.34. The third-order valence-electron chi connectivity index (χ3n) is 5.55. The normalized spacial score (nSPS) is 20.2. The molecule has 4 rings (SSSR count). The van der Waals surface area contributed by atoms with Crippen LogP contribution in [0.1, 0.15) is 48.7 Å². The number of carbonyl (C=O) groups is 1. The second kappa shape index (κ2) is 8.89. The Kier molecular flexibility index (Phi) is 6.06. The molecule has 158 valence electrons. The second-order valence-corrected chi connectivity index (χ2v) is 7.86. The lowest BCUT2D eigenvalue weighted by atomic mass is 9.92. The van der Waals surface area contributed by atoms with E-state index in [0.717, 1.165) is 42.3 Å². The van der Waals surface area contributed by atoms with Crippen molar-refractivity contribution in [3.8, 4) is 5.95 Å². The Morgan fingerprint density at radius 3 is 2.63 bits per heavy atom. The number of nitrogens with one attached hydrogen (secondary N) is 1. The molecule has 0 bridgehead atoms. The number of ether oxygens (including phenoxy) is 1. The van der Waals surface area contributed by atoms with Crippen LogP contribution in [0.5, 0.6) is 0 Å². The van der Waals surface area contributed by atoms with Crippen molar-refractivity contribution < 1.29 is 14.6 Å². The van der Waals surface area contributed by atoms with Crippen molar-refractivity contribution >= 4 is 16.8 Å². The van der Waals surface area contributed by atoms with Gasteiger partial charge in [0.15, 0.2) is 0 Å². The largest absolute Gasteiger partial charge is 0.394 e. The molecule has 0 saturated heterocycles. The molecule has 0 spiro atoms. The lowest BCUT2D eigenvalue weighted by molar-refractivity contribution is -0.0465. The van der Waals surface area contributed by atoms with Crippen LogP contribution in [0.2, 0.25) is 0 Å². The molecule has 0 aliphatic heterocycles. The summed E-state index contributed by atoms with van der Waals surface area (Å²) in [5.41, 5.74) is 2.27. The first-order chi connectivity index (χ1) is 14.5. The van der Waals surface area contributed by atoms with Gasteiger partial charge in [-0.15, -0.1) is 0 Å². The third-order valence-corrected chi connectivity index (χ3v) is 5.55. The van der Waals surface area contributed by atoms with E-state index in [0.29, 0.717) is 11.5 Å². The lowest BCUT2D eigenvalue weighted by Crippen LogP contribution is -2.40. The molecule has 2 aromatic heterocycles. The predicted molar refractivity (Wildman–Crippen MR) is 113 cm³/mol. The number of aromatic nitrogens is 4. The van der Waals surface area contributed by atoms with Crippen LogP contribution in [0.15, 0.2) is 36.7 Å². The molecule has 1 fully saturated rings. The van der Waals surface area contributed by atoms with Crippen LogP contribution in [0.25, 0.3) is 16.9 Å². The minimum atomic E-state index is -0.170. The summed E-state index contributed by atoms with van der Waals surface area (Å²) in [6.07, 6.45) is 6.54. The quantitative estimate of drug-likeness (QED) is 0.649. The SMILES string of the molecule is Cc1nn(-c2ncc(C(=O)N[C@H]3CC[C@H](OC(C)CO)CC3)cn2)c2ccccc12. The van der Waals surface area contributed by atoms with E-state index < -0.39 is 0 Å². The second-order valence-electron chi connectivity index (χ2n) is 7.86. The average Bonchev–Trinajstić information content (AvgIpc) is 3.12. The fourth-order valence-electron chi connectivity index (χ4n) is 3.91. The number of benzene rings is 1. The zero-order chi connectivity index (χ0) is 21.1. The van der Waals surface area contributed by atoms with Gasteiger partial charge in [0.25, 0.3) is 11.9 Å². The minimum Gasteiger partial charge on any atom is -0.394 e. The van der Waals surface area contributed by atoms with Gasteiger partial charge >= 0.3 is 0 Å². The number of aryl methyl sites for hydroxylation is 1. The summed E-state index contributed by atoms with van der Waals surface area (Å²) < 4.78 is 7.47. The first-order valence-electron chi connectivity index (χ1n) is 10.4. The summed E-state index contributed by atoms with van der Waals surface area (Å²) in [4.78, 5) is 21.3. The Balaban J connectivity index is 1.38. The Morgan fingerprint density at radius 2 is 1.93 bits per heavy atom. The maximum atomic E-state index is 12.6. The summed E-state index contributed by atoms with van der Waals surface area (Å²) in [6.45, 7) is 3.84. The highest BCUT2D eigenvalue weighted by Gasteiger charge is 2.24. The number of fused-ring (bicyclic) bond motifs is 1. The van der Waals surface area contributed by atoms with Gasteiger partial charge in [-0.3, -0.25) is 4.79 Å². The number of para-hydroxylation sites is 1. The number of nitrogens with zero attached hydrogens (tertiary/aromatic N) is 4. The molecule has 1 amide bonds. The summed E-state index contributed by atoms with van der Waals surface area (Å²) in [5.74, 6) is 0.266. The van der Waals surface area contributed by atoms with Crippen molar-refractivity contribution in [2.24, 2.45) is 0 Å². The van der Waals surface area contributed by atoms with E-state index in [-0.39, 0.29) is 30.8 Å². The fourth-order valence-corrected chi connectivity index (χ4v) is 3.91. The monoisotopic (exact) mass is 409 g/mol. The van der Waals surface area contributed by atoms with Crippen LogP contribution < -0.4 is 5.32 Å². The molecule has 2 N–H and O–H groups in total. The van der Waals surface area contributed by atoms with Crippen LogP contribution in [0, 0.1) is 6.92 Å². The van der Waals surface area contributed by atoms with Gasteiger partial charge in [0, 0.05) is 23.8 Å². The van der Waals surface area contributed by atoms with Crippen molar-refractivity contribution in [3.05, 3.63) is 47.9 Å². The zero-order valence-corrected chi connectivity index (χ0v) is 17.3. The van der Waals surface area contributed by atoms with Crippen molar-refractivity contribution in [2.45, 2.75) is 57.8 Å². The topological polar surface area (TPSA) is 102 Å². The van der Waals surface area contributed by atoms with Crippen molar-refractivity contribution in [1.82, 2.24) is 25.1 Å². The van der Waals surface area contributed by atoms with Gasteiger partial charge in [-0.25, -0.2) is 9.97 Å². The zero-order valence-electron chi connectivity index (χ0n) is 17.3. The number of carbonyl (C=O) groups excluding carboxylic acids is 1. The molecular weight excluding hydrogens is 382 g/mol. The van der Waals surface area contributed by atoms with Crippen LogP contribution in [-0.2, 0) is 4.74 Å². The van der Waals surface area contributed by atoms with E-state index in [4.69, 9.17) is 9.84 Å². The number of amides is 1. The van der Waals surface area contributed by atoms with Crippen LogP contribution in [-0.4, -0.2) is 55.6 Å². The van der Waals surface area contributed by atoms with Gasteiger partial charge in [-0.2, -0.15) is 9.78 Å². The molecule has 3 aromatic rings. The number of aliphatic hydroxyl groups excluding tert-OH is 1. The highest BCUT2D eigenvalue weighted by atomic mass is 16.5. The number of aliphatic hydroxyl groups is 1. The van der Waals surface area contributed by atoms with E-state index >= 15 is 0 Å². The van der Waals surface area contributed by atoms with Gasteiger partial charge in [0.1, 0.15) is 0 Å². The standard InChI is InChI=1S/C22H27N5O3/c1-14(13-28)30-18-9-7-17(8-10-18)25-21(29)16-11-23-22(24-12-16)27-20-6-4-3-5-19(20)15(2)26-27/h3-6,11-12,14,17-18,28H,7-10,13H2,1-2H3,(H,25,29)/t14?,17-,18-. The molecule has 1 aromatic carbocycles. The summed E-state index contributed by atoms with van der Waals surface area (Å²) >= 11 is 0. The minimum absolute atomic E-state index is 0.0283. The first-order valence-corrected chi connectivity index (χ1v) is 10.4. The van der Waals surface area contributed by atoms with E-state index in [2.05, 4.69) is 20.4 Å². The number of hydrogen-bond acceptors (Lipinski definition) is 6. The maximum absolute atomic E-state index is 12.6. The van der Waals surface area contributed by atoms with Gasteiger partial charge in [0.05, 0.1) is 35.6 Å². The maximum Gasteiger partial charge on any atom is 0.254 e. The molecule has 1 unspecified atom stereocenters. The summed E-state index contributed by atoms with van der Waals surface area (Å²) in [5, 5.41) is 17.8. The van der Waals surface area contributed by atoms with Gasteiger partial charge < -0.3 is 15.2 Å². The van der Waals surface area contributed by atoms with E-state index in [1.165, 1.54) is 0 Å². The fraction of sp³-hybridized carbons (Fsp3) is 0.455. The van der Waals surface area contributed by atoms with Crippen molar-refractivity contribution in [1.29, 1.82) is 0 Å². The molecule has 1 atom stereocenters. The van der Waals surface area contributed by atoms with Gasteiger partial charge in [-0.1, -0.05) is 18.2 Å². The van der Waals surface area contributed by atoms with Crippen molar-refractivity contribution in [2.75, 3.05) is 6.61 Å². The first kappa shape index (κ1) is 20.4. The van der Waals surface area contributed by atoms with E-state index in [9.17, 15) is 4.79 Å². The Bertz CT molecular complexity index is 1010. The van der Waals surface area contributed by atoms with Crippen LogP contribution >= 0.6 is 0 Å². The Labute approximate surface area is 175 Å². The lowest BCUT2D eigenvalue weighted by Gasteiger charge is -2.30. The molecule has 30 heavy (non-hydrogen) atoms. The van der Waals surface area contributed by atoms with Gasteiger partial charge in [-0.05, 0) is 45.6 Å². The molecule has 1 aliphatic rings. The molecular formula is C22H27N5O3. The number of hydrogen-bond donors (Lipinski definition) is 2. The highest BCUT2D eigenvalue weighted by molar-refractivity contribution is 5.93. The summed E-state index contributed by atoms with van der Waals surface area (Å²) in [7, 11) is 0. The van der Waals surface area contributed by atoms with E-state index in [1.807, 2.05) is 38.1 Å². The Morgan fingerprint density at radius 1 is 1.23 bits per heavy atom. The van der Waals surface area contributed by atoms with Crippen LogP contribution in [0.4, 0.5) is 0 Å². The average molecular weight is 409 g/mol. The molecule has 2 heterocycles. The van der Waals surface area contributed by atoms with Crippen molar-refractivity contribution in [3.63, 3.8) is 0 Å². The smallest absolute Gasteiger partial charge is 0.254 e. The molecule has 8 heteroatoms. The number of rotatable bonds is 6. The summed E-state index contributed by atoms with van der Waals surface area (Å²) in [6, 6.07) is 8.02. The van der Waals surface area contributed by atoms with Gasteiger partial charge in [0.2, 0.25) is 0 Å².